The van der Waals surface area contributed by atoms with Crippen LogP contribution in [0, 0.1) is 0 Å². The maximum Gasteiger partial charge on any atom is 0.0714 e. The molecular weight excluding hydrogens is 166 g/mol. The molecule has 0 amide bonds. The predicted molar refractivity (Wildman–Crippen MR) is 52.9 cm³/mol. The van der Waals surface area contributed by atoms with E-state index < -0.39 is 0 Å². The third kappa shape index (κ3) is 2.66. The van der Waals surface area contributed by atoms with Crippen molar-refractivity contribution in [3.8, 4) is 0 Å². The molecule has 3 heteroatoms. The number of hydrogen-bond donors (Lipinski definition) is 0. The molecule has 1 saturated heterocycles. The Bertz CT molecular complexity index is 152. The topological polar surface area (TPSA) is 21.7 Å². The van der Waals surface area contributed by atoms with Crippen molar-refractivity contribution in [2.75, 3.05) is 27.3 Å². The molecule has 0 radical (unpaired) electrons. The molecule has 2 unspecified atom stereocenters. The lowest BCUT2D eigenvalue weighted by molar-refractivity contribution is 0.0227. The normalized spacial score (nSPS) is 32.3. The second-order valence-electron chi connectivity index (χ2n) is 3.76. The van der Waals surface area contributed by atoms with Gasteiger partial charge in [0.25, 0.3) is 0 Å². The Kier molecular flexibility index (Phi) is 4.16. The zero-order valence-electron chi connectivity index (χ0n) is 9.12. The fourth-order valence-electron chi connectivity index (χ4n) is 2.08. The maximum absolute atomic E-state index is 5.59. The van der Waals surface area contributed by atoms with Crippen LogP contribution in [0.5, 0.6) is 0 Å². The smallest absolute Gasteiger partial charge is 0.0714 e. The van der Waals surface area contributed by atoms with Crippen LogP contribution in [0.3, 0.4) is 0 Å². The van der Waals surface area contributed by atoms with Crippen molar-refractivity contribution in [1.29, 1.82) is 0 Å². The fraction of sp³-hybridized carbons (Fsp3) is 1.00. The lowest BCUT2D eigenvalue weighted by atomic mass is 10.1. The molecule has 0 N–H and O–H groups in total. The zero-order chi connectivity index (χ0) is 9.84. The van der Waals surface area contributed by atoms with Crippen LogP contribution in [0.25, 0.3) is 0 Å². The molecule has 1 aliphatic rings. The molecule has 0 saturated carbocycles. The first-order chi connectivity index (χ1) is 6.19. The number of likely N-dealkylation sites (tertiary alicyclic amines) is 1. The van der Waals surface area contributed by atoms with Gasteiger partial charge in [-0.25, -0.2) is 0 Å². The highest BCUT2D eigenvalue weighted by Crippen LogP contribution is 2.22. The SMILES string of the molecule is CCO[C@@H](C)C1CC(OC)CN1C. The Morgan fingerprint density at radius 2 is 2.23 bits per heavy atom. The van der Waals surface area contributed by atoms with Crippen LogP contribution < -0.4 is 0 Å². The van der Waals surface area contributed by atoms with Crippen molar-refractivity contribution >= 4 is 0 Å². The standard InChI is InChI=1S/C10H21NO2/c1-5-13-8(2)10-6-9(12-4)7-11(10)3/h8-10H,5-7H2,1-4H3/t8-,9?,10?/m0/s1. The van der Waals surface area contributed by atoms with Gasteiger partial charge in [-0.15, -0.1) is 0 Å². The van der Waals surface area contributed by atoms with Crippen molar-refractivity contribution in [2.24, 2.45) is 0 Å². The summed E-state index contributed by atoms with van der Waals surface area (Å²) < 4.78 is 10.9. The minimum Gasteiger partial charge on any atom is -0.380 e. The van der Waals surface area contributed by atoms with Crippen molar-refractivity contribution in [3.63, 3.8) is 0 Å². The summed E-state index contributed by atoms with van der Waals surface area (Å²) >= 11 is 0. The summed E-state index contributed by atoms with van der Waals surface area (Å²) in [5.41, 5.74) is 0. The molecule has 3 atom stereocenters. The molecule has 0 aromatic carbocycles. The van der Waals surface area contributed by atoms with Crippen molar-refractivity contribution in [2.45, 2.75) is 38.5 Å². The van der Waals surface area contributed by atoms with Crippen LogP contribution in [0.1, 0.15) is 20.3 Å². The minimum atomic E-state index is 0.315. The van der Waals surface area contributed by atoms with E-state index in [9.17, 15) is 0 Å². The average molecular weight is 187 g/mol. The lowest BCUT2D eigenvalue weighted by Crippen LogP contribution is -2.36. The Morgan fingerprint density at radius 1 is 1.54 bits per heavy atom. The van der Waals surface area contributed by atoms with E-state index in [-0.39, 0.29) is 0 Å². The van der Waals surface area contributed by atoms with Gasteiger partial charge in [-0.05, 0) is 27.3 Å². The van der Waals surface area contributed by atoms with Crippen LogP contribution in [-0.4, -0.2) is 50.5 Å². The van der Waals surface area contributed by atoms with Crippen molar-refractivity contribution < 1.29 is 9.47 Å². The van der Waals surface area contributed by atoms with Crippen LogP contribution in [-0.2, 0) is 9.47 Å². The first kappa shape index (κ1) is 11.0. The Balaban J connectivity index is 2.41. The van der Waals surface area contributed by atoms with Gasteiger partial charge in [-0.2, -0.15) is 0 Å². The molecule has 1 rings (SSSR count). The molecule has 0 aliphatic carbocycles. The number of methoxy groups -OCH3 is 1. The lowest BCUT2D eigenvalue weighted by Gasteiger charge is -2.25. The molecule has 0 spiro atoms. The summed E-state index contributed by atoms with van der Waals surface area (Å²) in [6.07, 6.45) is 1.79. The molecule has 3 nitrogen and oxygen atoms in total. The number of rotatable bonds is 4. The van der Waals surface area contributed by atoms with E-state index in [1.165, 1.54) is 0 Å². The van der Waals surface area contributed by atoms with E-state index >= 15 is 0 Å². The molecule has 1 fully saturated rings. The second-order valence-corrected chi connectivity index (χ2v) is 3.76. The Hall–Kier alpha value is -0.120. The van der Waals surface area contributed by atoms with Crippen LogP contribution >= 0.6 is 0 Å². The van der Waals surface area contributed by atoms with E-state index in [4.69, 9.17) is 9.47 Å². The third-order valence-corrected chi connectivity index (χ3v) is 2.87. The van der Waals surface area contributed by atoms with E-state index in [0.29, 0.717) is 18.2 Å². The maximum atomic E-state index is 5.59. The number of hydrogen-bond acceptors (Lipinski definition) is 3. The molecule has 0 aromatic rings. The van der Waals surface area contributed by atoms with Gasteiger partial charge in [0.15, 0.2) is 0 Å². The van der Waals surface area contributed by atoms with Crippen molar-refractivity contribution in [1.82, 2.24) is 4.90 Å². The highest BCUT2D eigenvalue weighted by atomic mass is 16.5. The molecule has 13 heavy (non-hydrogen) atoms. The zero-order valence-corrected chi connectivity index (χ0v) is 9.12. The minimum absolute atomic E-state index is 0.315. The van der Waals surface area contributed by atoms with Gasteiger partial charge >= 0.3 is 0 Å². The monoisotopic (exact) mass is 187 g/mol. The van der Waals surface area contributed by atoms with Gasteiger partial charge in [0.2, 0.25) is 0 Å². The molecular formula is C10H21NO2. The summed E-state index contributed by atoms with van der Waals surface area (Å²) in [5, 5.41) is 0. The van der Waals surface area contributed by atoms with Crippen LogP contribution in [0.15, 0.2) is 0 Å². The second kappa shape index (κ2) is 4.94. The summed E-state index contributed by atoms with van der Waals surface area (Å²) in [6.45, 7) is 6.00. The fourth-order valence-corrected chi connectivity index (χ4v) is 2.08. The van der Waals surface area contributed by atoms with Gasteiger partial charge in [-0.1, -0.05) is 0 Å². The average Bonchev–Trinajstić information content (AvgIpc) is 2.47. The summed E-state index contributed by atoms with van der Waals surface area (Å²) in [4.78, 5) is 2.33. The van der Waals surface area contributed by atoms with E-state index in [1.54, 1.807) is 7.11 Å². The van der Waals surface area contributed by atoms with E-state index in [0.717, 1.165) is 19.6 Å². The first-order valence-corrected chi connectivity index (χ1v) is 5.03. The van der Waals surface area contributed by atoms with E-state index in [2.05, 4.69) is 18.9 Å². The molecule has 1 heterocycles. The van der Waals surface area contributed by atoms with E-state index in [1.807, 2.05) is 6.92 Å². The quantitative estimate of drug-likeness (QED) is 0.658. The highest BCUT2D eigenvalue weighted by molar-refractivity contribution is 4.87. The summed E-state index contributed by atoms with van der Waals surface area (Å²) in [7, 11) is 3.92. The summed E-state index contributed by atoms with van der Waals surface area (Å²) in [5.74, 6) is 0. The first-order valence-electron chi connectivity index (χ1n) is 5.03. The van der Waals surface area contributed by atoms with Crippen LogP contribution in [0.2, 0.25) is 0 Å². The number of likely N-dealkylation sites (N-methyl/N-ethyl adjacent to an activating group) is 1. The van der Waals surface area contributed by atoms with Crippen molar-refractivity contribution in [3.05, 3.63) is 0 Å². The molecule has 78 valence electrons. The third-order valence-electron chi connectivity index (χ3n) is 2.87. The number of ether oxygens (including phenoxy) is 2. The van der Waals surface area contributed by atoms with Gasteiger partial charge in [0, 0.05) is 26.3 Å². The molecule has 1 aliphatic heterocycles. The molecule has 0 bridgehead atoms. The van der Waals surface area contributed by atoms with Gasteiger partial charge in [0.05, 0.1) is 12.2 Å². The summed E-state index contributed by atoms with van der Waals surface area (Å²) in [6, 6.07) is 0.518. The largest absolute Gasteiger partial charge is 0.380 e. The predicted octanol–water partition coefficient (Wildman–Crippen LogP) is 1.13. The van der Waals surface area contributed by atoms with Gasteiger partial charge < -0.3 is 9.47 Å². The Labute approximate surface area is 81.0 Å². The Morgan fingerprint density at radius 3 is 2.69 bits per heavy atom. The van der Waals surface area contributed by atoms with Gasteiger partial charge in [0.1, 0.15) is 0 Å². The number of nitrogens with zero attached hydrogens (tertiary/aromatic N) is 1. The van der Waals surface area contributed by atoms with Gasteiger partial charge in [-0.3, -0.25) is 4.90 Å². The highest BCUT2D eigenvalue weighted by Gasteiger charge is 2.33. The van der Waals surface area contributed by atoms with Crippen LogP contribution in [0.4, 0.5) is 0 Å². The molecule has 0 aromatic heterocycles.